The quantitative estimate of drug-likeness (QED) is 0.699. The van der Waals surface area contributed by atoms with E-state index in [-0.39, 0.29) is 17.9 Å². The average Bonchev–Trinajstić information content (AvgIpc) is 3.16. The lowest BCUT2D eigenvalue weighted by Crippen LogP contribution is -2.44. The molecule has 0 aliphatic carbocycles. The molecule has 1 aliphatic rings. The van der Waals surface area contributed by atoms with Gasteiger partial charge >= 0.3 is 0 Å². The molecule has 1 aliphatic heterocycles. The third kappa shape index (κ3) is 3.50. The molecule has 3 aromatic rings. The van der Waals surface area contributed by atoms with E-state index in [4.69, 9.17) is 10.5 Å². The number of carbonyl (C=O) groups excluding carboxylic acids is 2. The zero-order valence-electron chi connectivity index (χ0n) is 15.8. The van der Waals surface area contributed by atoms with Gasteiger partial charge in [0.05, 0.1) is 6.04 Å². The molecule has 4 rings (SSSR count). The Morgan fingerprint density at radius 1 is 1.00 bits per heavy atom. The number of benzene rings is 3. The molecule has 7 heteroatoms. The van der Waals surface area contributed by atoms with Crippen molar-refractivity contribution in [1.29, 1.82) is 0 Å². The summed E-state index contributed by atoms with van der Waals surface area (Å²) in [6.07, 6.45) is 0. The van der Waals surface area contributed by atoms with Crippen LogP contribution in [0.3, 0.4) is 0 Å². The number of fused-ring (bicyclic) bond motifs is 1. The van der Waals surface area contributed by atoms with Gasteiger partial charge in [-0.25, -0.2) is 8.78 Å². The Morgan fingerprint density at radius 3 is 2.27 bits per heavy atom. The summed E-state index contributed by atoms with van der Waals surface area (Å²) in [5.41, 5.74) is 6.66. The Morgan fingerprint density at radius 2 is 1.63 bits per heavy atom. The van der Waals surface area contributed by atoms with Gasteiger partial charge in [-0.3, -0.25) is 9.59 Å². The summed E-state index contributed by atoms with van der Waals surface area (Å²) >= 11 is 0. The van der Waals surface area contributed by atoms with Crippen molar-refractivity contribution >= 4 is 11.8 Å². The second kappa shape index (κ2) is 7.94. The van der Waals surface area contributed by atoms with E-state index in [1.54, 1.807) is 60.7 Å². The maximum absolute atomic E-state index is 14.2. The second-order valence-corrected chi connectivity index (χ2v) is 6.93. The van der Waals surface area contributed by atoms with Crippen LogP contribution < -0.4 is 10.5 Å². The van der Waals surface area contributed by atoms with E-state index in [1.807, 2.05) is 0 Å². The average molecular weight is 408 g/mol. The molecule has 3 aromatic carbocycles. The van der Waals surface area contributed by atoms with Crippen molar-refractivity contribution < 1.29 is 23.1 Å². The van der Waals surface area contributed by atoms with E-state index < -0.39 is 35.5 Å². The summed E-state index contributed by atoms with van der Waals surface area (Å²) in [7, 11) is 0. The summed E-state index contributed by atoms with van der Waals surface area (Å²) in [6, 6.07) is 16.6. The fourth-order valence-electron chi connectivity index (χ4n) is 3.73. The third-order valence-corrected chi connectivity index (χ3v) is 5.04. The maximum atomic E-state index is 14.2. The Bertz CT molecular complexity index is 1090. The third-order valence-electron chi connectivity index (χ3n) is 5.04. The van der Waals surface area contributed by atoms with Crippen LogP contribution in [-0.2, 0) is 4.79 Å². The monoisotopic (exact) mass is 408 g/mol. The van der Waals surface area contributed by atoms with Crippen molar-refractivity contribution in [2.24, 2.45) is 5.73 Å². The van der Waals surface area contributed by atoms with Crippen molar-refractivity contribution in [3.63, 3.8) is 0 Å². The first kappa shape index (κ1) is 19.6. The van der Waals surface area contributed by atoms with E-state index in [1.165, 1.54) is 4.90 Å². The molecule has 0 unspecified atom stereocenters. The van der Waals surface area contributed by atoms with Crippen molar-refractivity contribution in [1.82, 2.24) is 4.90 Å². The summed E-state index contributed by atoms with van der Waals surface area (Å²) in [5.74, 6) is -3.08. The molecule has 30 heavy (non-hydrogen) atoms. The second-order valence-electron chi connectivity index (χ2n) is 6.93. The highest BCUT2D eigenvalue weighted by atomic mass is 19.1. The smallest absolute Gasteiger partial charge is 0.255 e. The standard InChI is InChI=1S/C23H18F2N2O3/c24-16-11-17-19(13-30-21(17)18(25)12-16)27(23(29)15-9-5-2-6-10-15)20(22(26)28)14-7-3-1-4-8-14/h1-12,19-20H,13H2,(H2,26,28)/t19-,20+/m1/s1. The number of amides is 2. The molecule has 0 radical (unpaired) electrons. The molecule has 2 amide bonds. The minimum absolute atomic E-state index is 0.134. The van der Waals surface area contributed by atoms with Crippen LogP contribution in [0.5, 0.6) is 5.75 Å². The first-order chi connectivity index (χ1) is 14.5. The highest BCUT2D eigenvalue weighted by Crippen LogP contribution is 2.42. The Hall–Kier alpha value is -3.74. The fraction of sp³-hybridized carbons (Fsp3) is 0.130. The van der Waals surface area contributed by atoms with Gasteiger partial charge in [0, 0.05) is 17.2 Å². The lowest BCUT2D eigenvalue weighted by molar-refractivity contribution is -0.123. The lowest BCUT2D eigenvalue weighted by atomic mass is 9.98. The zero-order valence-corrected chi connectivity index (χ0v) is 15.8. The SMILES string of the molecule is NC(=O)[C@H](c1ccccc1)N(C(=O)c1ccccc1)[C@@H]1COc2c(F)cc(F)cc21. The predicted octanol–water partition coefficient (Wildman–Crippen LogP) is 3.77. The van der Waals surface area contributed by atoms with Gasteiger partial charge in [0.1, 0.15) is 18.5 Å². The number of carbonyl (C=O) groups is 2. The molecule has 0 aromatic heterocycles. The number of hydrogen-bond acceptors (Lipinski definition) is 3. The zero-order chi connectivity index (χ0) is 21.3. The minimum Gasteiger partial charge on any atom is -0.488 e. The van der Waals surface area contributed by atoms with E-state index in [2.05, 4.69) is 0 Å². The van der Waals surface area contributed by atoms with E-state index in [9.17, 15) is 18.4 Å². The van der Waals surface area contributed by atoms with Gasteiger partial charge < -0.3 is 15.4 Å². The van der Waals surface area contributed by atoms with Crippen molar-refractivity contribution in [2.75, 3.05) is 6.61 Å². The molecule has 152 valence electrons. The number of primary amides is 1. The first-order valence-electron chi connectivity index (χ1n) is 9.31. The van der Waals surface area contributed by atoms with Gasteiger partial charge in [0.15, 0.2) is 11.6 Å². The highest BCUT2D eigenvalue weighted by Gasteiger charge is 2.41. The molecule has 0 saturated carbocycles. The topological polar surface area (TPSA) is 72.6 Å². The van der Waals surface area contributed by atoms with Crippen molar-refractivity contribution in [3.8, 4) is 5.75 Å². The molecule has 2 N–H and O–H groups in total. The fourth-order valence-corrected chi connectivity index (χ4v) is 3.73. The summed E-state index contributed by atoms with van der Waals surface area (Å²) in [6.45, 7) is -0.134. The predicted molar refractivity (Wildman–Crippen MR) is 106 cm³/mol. The number of rotatable bonds is 5. The number of nitrogens with zero attached hydrogens (tertiary/aromatic N) is 1. The minimum atomic E-state index is -1.16. The molecule has 2 atom stereocenters. The Kier molecular flexibility index (Phi) is 5.18. The molecule has 0 bridgehead atoms. The molecule has 0 spiro atoms. The normalized spacial score (nSPS) is 15.7. The van der Waals surface area contributed by atoms with Crippen LogP contribution in [0.4, 0.5) is 8.78 Å². The van der Waals surface area contributed by atoms with Crippen LogP contribution in [0.1, 0.15) is 33.6 Å². The number of nitrogens with two attached hydrogens (primary N) is 1. The lowest BCUT2D eigenvalue weighted by Gasteiger charge is -2.34. The van der Waals surface area contributed by atoms with E-state index in [0.29, 0.717) is 17.2 Å². The summed E-state index contributed by atoms with van der Waals surface area (Å²) in [5, 5.41) is 0. The van der Waals surface area contributed by atoms with Gasteiger partial charge in [0.2, 0.25) is 5.91 Å². The molecular weight excluding hydrogens is 390 g/mol. The first-order valence-corrected chi connectivity index (χ1v) is 9.31. The van der Waals surface area contributed by atoms with E-state index >= 15 is 0 Å². The van der Waals surface area contributed by atoms with Crippen LogP contribution >= 0.6 is 0 Å². The molecule has 1 heterocycles. The van der Waals surface area contributed by atoms with Gasteiger partial charge in [-0.1, -0.05) is 48.5 Å². The molecule has 0 fully saturated rings. The largest absolute Gasteiger partial charge is 0.488 e. The van der Waals surface area contributed by atoms with Gasteiger partial charge in [-0.2, -0.15) is 0 Å². The van der Waals surface area contributed by atoms with Crippen LogP contribution in [-0.4, -0.2) is 23.3 Å². The van der Waals surface area contributed by atoms with Gasteiger partial charge in [0.25, 0.3) is 5.91 Å². The molecule has 0 saturated heterocycles. The summed E-state index contributed by atoms with van der Waals surface area (Å²) < 4.78 is 33.7. The number of halogens is 2. The maximum Gasteiger partial charge on any atom is 0.255 e. The van der Waals surface area contributed by atoms with Gasteiger partial charge in [-0.05, 0) is 23.8 Å². The van der Waals surface area contributed by atoms with Crippen LogP contribution in [0.15, 0.2) is 72.8 Å². The Labute approximate surface area is 171 Å². The van der Waals surface area contributed by atoms with Crippen molar-refractivity contribution in [2.45, 2.75) is 12.1 Å². The van der Waals surface area contributed by atoms with E-state index in [0.717, 1.165) is 6.07 Å². The van der Waals surface area contributed by atoms with Crippen LogP contribution in [0.25, 0.3) is 0 Å². The number of hydrogen-bond donors (Lipinski definition) is 1. The Balaban J connectivity index is 1.88. The van der Waals surface area contributed by atoms with Crippen molar-refractivity contribution in [3.05, 3.63) is 101 Å². The van der Waals surface area contributed by atoms with Crippen LogP contribution in [0.2, 0.25) is 0 Å². The highest BCUT2D eigenvalue weighted by molar-refractivity contribution is 5.98. The van der Waals surface area contributed by atoms with Gasteiger partial charge in [-0.15, -0.1) is 0 Å². The number of ether oxygens (including phenoxy) is 1. The molecule has 5 nitrogen and oxygen atoms in total. The summed E-state index contributed by atoms with van der Waals surface area (Å²) in [4.78, 5) is 27.3. The van der Waals surface area contributed by atoms with Crippen LogP contribution in [0, 0.1) is 11.6 Å². The molecular formula is C23H18F2N2O3.